The average molecular weight is 279 g/mol. The highest BCUT2D eigenvalue weighted by Gasteiger charge is 2.34. The summed E-state index contributed by atoms with van der Waals surface area (Å²) < 4.78 is 4.85. The highest BCUT2D eigenvalue weighted by molar-refractivity contribution is 5.86. The molecule has 5 nitrogen and oxygen atoms in total. The SMILES string of the molecule is COCC(C)(NC(=O)CCc1ccc(C)cc1)C(=O)O. The second-order valence-corrected chi connectivity index (χ2v) is 5.10. The number of rotatable bonds is 7. The van der Waals surface area contributed by atoms with Crippen molar-refractivity contribution in [3.8, 4) is 0 Å². The molecule has 0 saturated heterocycles. The number of aliphatic carboxylic acids is 1. The first-order valence-corrected chi connectivity index (χ1v) is 6.46. The number of carbonyl (C=O) groups excluding carboxylic acids is 1. The predicted octanol–water partition coefficient (Wildman–Crippen LogP) is 1.53. The van der Waals surface area contributed by atoms with Gasteiger partial charge in [0, 0.05) is 13.5 Å². The molecule has 1 aromatic rings. The number of hydrogen-bond acceptors (Lipinski definition) is 3. The molecule has 20 heavy (non-hydrogen) atoms. The Bertz CT molecular complexity index is 469. The maximum Gasteiger partial charge on any atom is 0.331 e. The summed E-state index contributed by atoms with van der Waals surface area (Å²) in [5.41, 5.74) is 0.824. The van der Waals surface area contributed by atoms with Gasteiger partial charge in [-0.1, -0.05) is 29.8 Å². The number of ether oxygens (including phenoxy) is 1. The molecule has 0 fully saturated rings. The van der Waals surface area contributed by atoms with Crippen LogP contribution in [0.3, 0.4) is 0 Å². The number of amides is 1. The Kier molecular flexibility index (Phi) is 5.70. The van der Waals surface area contributed by atoms with E-state index >= 15 is 0 Å². The van der Waals surface area contributed by atoms with Crippen LogP contribution in [0.15, 0.2) is 24.3 Å². The van der Waals surface area contributed by atoms with Crippen molar-refractivity contribution in [2.45, 2.75) is 32.2 Å². The fourth-order valence-corrected chi connectivity index (χ4v) is 1.82. The summed E-state index contributed by atoms with van der Waals surface area (Å²) in [5.74, 6) is -1.41. The van der Waals surface area contributed by atoms with Gasteiger partial charge in [0.1, 0.15) is 0 Å². The lowest BCUT2D eigenvalue weighted by molar-refractivity contribution is -0.149. The summed E-state index contributed by atoms with van der Waals surface area (Å²) in [4.78, 5) is 23.0. The van der Waals surface area contributed by atoms with Crippen molar-refractivity contribution in [1.29, 1.82) is 0 Å². The molecule has 1 rings (SSSR count). The molecular weight excluding hydrogens is 258 g/mol. The van der Waals surface area contributed by atoms with E-state index in [0.717, 1.165) is 11.1 Å². The molecule has 1 atom stereocenters. The van der Waals surface area contributed by atoms with E-state index in [4.69, 9.17) is 9.84 Å². The molecule has 1 unspecified atom stereocenters. The van der Waals surface area contributed by atoms with Gasteiger partial charge in [0.2, 0.25) is 5.91 Å². The number of methoxy groups -OCH3 is 1. The van der Waals surface area contributed by atoms with Gasteiger partial charge >= 0.3 is 5.97 Å². The quantitative estimate of drug-likeness (QED) is 0.793. The molecule has 0 aliphatic carbocycles. The molecular formula is C15H21NO4. The van der Waals surface area contributed by atoms with E-state index in [9.17, 15) is 9.59 Å². The Morgan fingerprint density at radius 1 is 1.30 bits per heavy atom. The summed E-state index contributed by atoms with van der Waals surface area (Å²) >= 11 is 0. The molecule has 0 saturated carbocycles. The minimum atomic E-state index is -1.39. The van der Waals surface area contributed by atoms with Gasteiger partial charge in [0.15, 0.2) is 5.54 Å². The van der Waals surface area contributed by atoms with Crippen LogP contribution in [0.5, 0.6) is 0 Å². The van der Waals surface area contributed by atoms with E-state index in [2.05, 4.69) is 5.32 Å². The number of aryl methyl sites for hydroxylation is 2. The molecule has 2 N–H and O–H groups in total. The van der Waals surface area contributed by atoms with E-state index in [1.165, 1.54) is 14.0 Å². The van der Waals surface area contributed by atoms with Gasteiger partial charge in [0.05, 0.1) is 6.61 Å². The van der Waals surface area contributed by atoms with Crippen molar-refractivity contribution in [3.05, 3.63) is 35.4 Å². The lowest BCUT2D eigenvalue weighted by atomic mass is 10.0. The van der Waals surface area contributed by atoms with Crippen molar-refractivity contribution in [2.75, 3.05) is 13.7 Å². The molecule has 5 heteroatoms. The van der Waals surface area contributed by atoms with Crippen LogP contribution in [0.1, 0.15) is 24.5 Å². The Labute approximate surface area is 118 Å². The van der Waals surface area contributed by atoms with Crippen LogP contribution in [0.2, 0.25) is 0 Å². The third kappa shape index (κ3) is 4.66. The van der Waals surface area contributed by atoms with E-state index in [0.29, 0.717) is 6.42 Å². The molecule has 1 aromatic carbocycles. The summed E-state index contributed by atoms with van der Waals surface area (Å²) in [6.07, 6.45) is 0.824. The van der Waals surface area contributed by atoms with E-state index in [-0.39, 0.29) is 18.9 Å². The van der Waals surface area contributed by atoms with Crippen LogP contribution in [-0.2, 0) is 20.7 Å². The number of benzene rings is 1. The number of hydrogen-bond donors (Lipinski definition) is 2. The molecule has 0 aromatic heterocycles. The zero-order valence-corrected chi connectivity index (χ0v) is 12.1. The van der Waals surface area contributed by atoms with Gasteiger partial charge in [-0.05, 0) is 25.8 Å². The lowest BCUT2D eigenvalue weighted by Crippen LogP contribution is -2.55. The smallest absolute Gasteiger partial charge is 0.331 e. The fraction of sp³-hybridized carbons (Fsp3) is 0.467. The van der Waals surface area contributed by atoms with Gasteiger partial charge < -0.3 is 15.2 Å². The monoisotopic (exact) mass is 279 g/mol. The average Bonchev–Trinajstić information content (AvgIpc) is 2.38. The minimum absolute atomic E-state index is 0.0708. The van der Waals surface area contributed by atoms with Crippen LogP contribution in [0.4, 0.5) is 0 Å². The van der Waals surface area contributed by atoms with Crippen LogP contribution in [0, 0.1) is 6.92 Å². The maximum atomic E-state index is 11.8. The zero-order chi connectivity index (χ0) is 15.2. The summed E-state index contributed by atoms with van der Waals surface area (Å²) in [5, 5.41) is 11.6. The van der Waals surface area contributed by atoms with Crippen LogP contribution in [0.25, 0.3) is 0 Å². The molecule has 0 aliphatic rings. The van der Waals surface area contributed by atoms with Crippen molar-refractivity contribution < 1.29 is 19.4 Å². The Morgan fingerprint density at radius 3 is 2.40 bits per heavy atom. The number of carboxylic acid groups (broad SMARTS) is 1. The lowest BCUT2D eigenvalue weighted by Gasteiger charge is -2.25. The van der Waals surface area contributed by atoms with Gasteiger partial charge in [-0.3, -0.25) is 4.79 Å². The Hall–Kier alpha value is -1.88. The third-order valence-electron chi connectivity index (χ3n) is 3.08. The normalized spacial score (nSPS) is 13.6. The zero-order valence-electron chi connectivity index (χ0n) is 12.1. The van der Waals surface area contributed by atoms with Crippen LogP contribution in [-0.4, -0.2) is 36.2 Å². The Morgan fingerprint density at radius 2 is 1.90 bits per heavy atom. The van der Waals surface area contributed by atoms with Crippen LogP contribution < -0.4 is 5.32 Å². The van der Waals surface area contributed by atoms with Gasteiger partial charge in [0.25, 0.3) is 0 Å². The standard InChI is InChI=1S/C15H21NO4/c1-11-4-6-12(7-5-11)8-9-13(17)16-15(2,10-20-3)14(18)19/h4-7H,8-10H2,1-3H3,(H,16,17)(H,18,19). The number of carboxylic acids is 1. The first kappa shape index (κ1) is 16.2. The fourth-order valence-electron chi connectivity index (χ4n) is 1.82. The Balaban J connectivity index is 2.54. The van der Waals surface area contributed by atoms with Crippen molar-refractivity contribution >= 4 is 11.9 Å². The molecule has 1 amide bonds. The molecule has 0 radical (unpaired) electrons. The van der Waals surface area contributed by atoms with Crippen molar-refractivity contribution in [3.63, 3.8) is 0 Å². The first-order chi connectivity index (χ1) is 9.37. The molecule has 0 heterocycles. The molecule has 0 spiro atoms. The second-order valence-electron chi connectivity index (χ2n) is 5.10. The van der Waals surface area contributed by atoms with Crippen LogP contribution >= 0.6 is 0 Å². The van der Waals surface area contributed by atoms with Gasteiger partial charge in [-0.25, -0.2) is 4.79 Å². The van der Waals surface area contributed by atoms with E-state index < -0.39 is 11.5 Å². The third-order valence-corrected chi connectivity index (χ3v) is 3.08. The summed E-state index contributed by atoms with van der Waals surface area (Å²) in [6, 6.07) is 7.90. The highest BCUT2D eigenvalue weighted by atomic mass is 16.5. The number of nitrogens with one attached hydrogen (secondary N) is 1. The minimum Gasteiger partial charge on any atom is -0.479 e. The second kappa shape index (κ2) is 7.05. The van der Waals surface area contributed by atoms with Gasteiger partial charge in [-0.2, -0.15) is 0 Å². The largest absolute Gasteiger partial charge is 0.479 e. The van der Waals surface area contributed by atoms with E-state index in [1.807, 2.05) is 31.2 Å². The molecule has 110 valence electrons. The number of carbonyl (C=O) groups is 2. The summed E-state index contributed by atoms with van der Waals surface area (Å²) in [6.45, 7) is 3.36. The van der Waals surface area contributed by atoms with Gasteiger partial charge in [-0.15, -0.1) is 0 Å². The highest BCUT2D eigenvalue weighted by Crippen LogP contribution is 2.08. The topological polar surface area (TPSA) is 75.6 Å². The summed E-state index contributed by atoms with van der Waals surface area (Å²) in [7, 11) is 1.40. The molecule has 0 aliphatic heterocycles. The van der Waals surface area contributed by atoms with Crippen molar-refractivity contribution in [1.82, 2.24) is 5.32 Å². The molecule has 0 bridgehead atoms. The van der Waals surface area contributed by atoms with Crippen molar-refractivity contribution in [2.24, 2.45) is 0 Å². The first-order valence-electron chi connectivity index (χ1n) is 6.46. The predicted molar refractivity (Wildman–Crippen MR) is 75.6 cm³/mol. The van der Waals surface area contributed by atoms with E-state index in [1.54, 1.807) is 0 Å². The maximum absolute atomic E-state index is 11.8.